The van der Waals surface area contributed by atoms with Gasteiger partial charge in [-0.3, -0.25) is 14.8 Å². The van der Waals surface area contributed by atoms with E-state index >= 15 is 0 Å². The van der Waals surface area contributed by atoms with Crippen molar-refractivity contribution in [1.29, 1.82) is 0 Å². The van der Waals surface area contributed by atoms with Crippen LogP contribution in [0.15, 0.2) is 24.3 Å². The van der Waals surface area contributed by atoms with Crippen LogP contribution < -0.4 is 5.32 Å². The van der Waals surface area contributed by atoms with Gasteiger partial charge in [-0.15, -0.1) is 0 Å². The van der Waals surface area contributed by atoms with Crippen LogP contribution in [-0.2, 0) is 4.74 Å². The van der Waals surface area contributed by atoms with Crippen LogP contribution in [0.5, 0.6) is 0 Å². The number of carbonyl (C=O) groups is 1. The van der Waals surface area contributed by atoms with Crippen molar-refractivity contribution in [2.45, 2.75) is 0 Å². The van der Waals surface area contributed by atoms with Gasteiger partial charge in [-0.2, -0.15) is 5.10 Å². The van der Waals surface area contributed by atoms with Crippen LogP contribution in [0.2, 0.25) is 10.0 Å². The smallest absolute Gasteiger partial charge is 0.269 e. The number of morpholine rings is 1. The normalized spacial score (nSPS) is 15.4. The van der Waals surface area contributed by atoms with E-state index in [1.165, 1.54) is 0 Å². The monoisotopic (exact) mass is 368 g/mol. The number of carbonyl (C=O) groups excluding carboxylic acids is 1. The minimum Gasteiger partial charge on any atom is -0.379 e. The van der Waals surface area contributed by atoms with Gasteiger partial charge in [0.15, 0.2) is 0 Å². The molecule has 1 amide bonds. The van der Waals surface area contributed by atoms with E-state index < -0.39 is 0 Å². The Kier molecular flexibility index (Phi) is 5.73. The SMILES string of the molecule is O=C(NCCN1CCOCC1)c1cc(-c2ccc(Cl)c(Cl)c2)n[nH]1. The first-order valence-electron chi connectivity index (χ1n) is 7.72. The third kappa shape index (κ3) is 4.27. The quantitative estimate of drug-likeness (QED) is 0.850. The summed E-state index contributed by atoms with van der Waals surface area (Å²) in [5.41, 5.74) is 1.86. The molecule has 0 saturated carbocycles. The number of ether oxygens (including phenoxy) is 1. The molecule has 0 radical (unpaired) electrons. The first-order chi connectivity index (χ1) is 11.6. The lowest BCUT2D eigenvalue weighted by molar-refractivity contribution is 0.0383. The van der Waals surface area contributed by atoms with E-state index in [0.29, 0.717) is 28.0 Å². The molecule has 0 bridgehead atoms. The standard InChI is InChI=1S/C16H18Cl2N4O2/c17-12-2-1-11(9-13(12)18)14-10-15(21-20-14)16(23)19-3-4-22-5-7-24-8-6-22/h1-2,9-10H,3-8H2,(H,19,23)(H,20,21). The number of benzene rings is 1. The summed E-state index contributed by atoms with van der Waals surface area (Å²) >= 11 is 11.9. The number of halogens is 2. The van der Waals surface area contributed by atoms with Gasteiger partial charge in [-0.25, -0.2) is 0 Å². The molecule has 0 spiro atoms. The maximum atomic E-state index is 12.2. The molecule has 0 atom stereocenters. The molecule has 1 aliphatic rings. The highest BCUT2D eigenvalue weighted by Gasteiger charge is 2.13. The van der Waals surface area contributed by atoms with Crippen molar-refractivity contribution in [3.63, 3.8) is 0 Å². The summed E-state index contributed by atoms with van der Waals surface area (Å²) < 4.78 is 5.30. The minimum atomic E-state index is -0.179. The number of rotatable bonds is 5. The second kappa shape index (κ2) is 7.98. The van der Waals surface area contributed by atoms with Crippen molar-refractivity contribution in [2.75, 3.05) is 39.4 Å². The minimum absolute atomic E-state index is 0.179. The van der Waals surface area contributed by atoms with E-state index in [9.17, 15) is 4.79 Å². The zero-order valence-electron chi connectivity index (χ0n) is 13.0. The van der Waals surface area contributed by atoms with Crippen molar-refractivity contribution in [1.82, 2.24) is 20.4 Å². The summed E-state index contributed by atoms with van der Waals surface area (Å²) in [4.78, 5) is 14.4. The molecule has 2 heterocycles. The Morgan fingerprint density at radius 2 is 2.04 bits per heavy atom. The molecule has 1 fully saturated rings. The Balaban J connectivity index is 1.56. The van der Waals surface area contributed by atoms with Crippen molar-refractivity contribution in [3.8, 4) is 11.3 Å². The van der Waals surface area contributed by atoms with E-state index in [0.717, 1.165) is 38.4 Å². The van der Waals surface area contributed by atoms with Gasteiger partial charge >= 0.3 is 0 Å². The van der Waals surface area contributed by atoms with Gasteiger partial charge in [-0.1, -0.05) is 29.3 Å². The number of H-pyrrole nitrogens is 1. The van der Waals surface area contributed by atoms with Gasteiger partial charge in [-0.05, 0) is 18.2 Å². The van der Waals surface area contributed by atoms with Gasteiger partial charge in [0, 0.05) is 31.7 Å². The van der Waals surface area contributed by atoms with Gasteiger partial charge in [0.25, 0.3) is 5.91 Å². The van der Waals surface area contributed by atoms with Gasteiger partial charge in [0.1, 0.15) is 5.69 Å². The first-order valence-corrected chi connectivity index (χ1v) is 8.48. The number of nitrogens with one attached hydrogen (secondary N) is 2. The van der Waals surface area contributed by atoms with Crippen molar-refractivity contribution in [3.05, 3.63) is 40.0 Å². The van der Waals surface area contributed by atoms with Crippen LogP contribution in [0.25, 0.3) is 11.3 Å². The lowest BCUT2D eigenvalue weighted by Gasteiger charge is -2.26. The Labute approximate surface area is 150 Å². The molecule has 0 aliphatic carbocycles. The molecule has 1 aliphatic heterocycles. The summed E-state index contributed by atoms with van der Waals surface area (Å²) in [6, 6.07) is 6.93. The Morgan fingerprint density at radius 1 is 1.25 bits per heavy atom. The first kappa shape index (κ1) is 17.2. The second-order valence-electron chi connectivity index (χ2n) is 5.51. The van der Waals surface area contributed by atoms with Crippen LogP contribution in [-0.4, -0.2) is 60.4 Å². The summed E-state index contributed by atoms with van der Waals surface area (Å²) in [5.74, 6) is -0.179. The highest BCUT2D eigenvalue weighted by atomic mass is 35.5. The number of hydrogen-bond donors (Lipinski definition) is 2. The fourth-order valence-corrected chi connectivity index (χ4v) is 2.79. The highest BCUT2D eigenvalue weighted by molar-refractivity contribution is 6.42. The lowest BCUT2D eigenvalue weighted by atomic mass is 10.1. The number of hydrogen-bond acceptors (Lipinski definition) is 4. The number of aromatic amines is 1. The number of aromatic nitrogens is 2. The van der Waals surface area contributed by atoms with Crippen molar-refractivity contribution < 1.29 is 9.53 Å². The summed E-state index contributed by atoms with van der Waals surface area (Å²) in [6.45, 7) is 4.70. The lowest BCUT2D eigenvalue weighted by Crippen LogP contribution is -2.41. The maximum Gasteiger partial charge on any atom is 0.269 e. The molecule has 8 heteroatoms. The molecule has 2 N–H and O–H groups in total. The fourth-order valence-electron chi connectivity index (χ4n) is 2.49. The van der Waals surface area contributed by atoms with Crippen molar-refractivity contribution >= 4 is 29.1 Å². The average molecular weight is 369 g/mol. The van der Waals surface area contributed by atoms with Gasteiger partial charge < -0.3 is 10.1 Å². The third-order valence-electron chi connectivity index (χ3n) is 3.86. The van der Waals surface area contributed by atoms with Gasteiger partial charge in [0.2, 0.25) is 0 Å². The molecular formula is C16H18Cl2N4O2. The molecule has 0 unspecified atom stereocenters. The van der Waals surface area contributed by atoms with Crippen LogP contribution >= 0.6 is 23.2 Å². The molecule has 1 aromatic heterocycles. The van der Waals surface area contributed by atoms with Gasteiger partial charge in [0.05, 0.1) is 29.0 Å². The number of nitrogens with zero attached hydrogens (tertiary/aromatic N) is 2. The summed E-state index contributed by atoms with van der Waals surface area (Å²) in [5, 5.41) is 10.7. The second-order valence-corrected chi connectivity index (χ2v) is 6.32. The molecule has 1 saturated heterocycles. The Bertz CT molecular complexity index is 714. The number of amides is 1. The highest BCUT2D eigenvalue weighted by Crippen LogP contribution is 2.27. The van der Waals surface area contributed by atoms with Crippen LogP contribution in [0, 0.1) is 0 Å². The zero-order valence-corrected chi connectivity index (χ0v) is 14.5. The van der Waals surface area contributed by atoms with Crippen LogP contribution in [0.3, 0.4) is 0 Å². The van der Waals surface area contributed by atoms with E-state index in [1.807, 2.05) is 6.07 Å². The zero-order chi connectivity index (χ0) is 16.9. The van der Waals surface area contributed by atoms with E-state index in [-0.39, 0.29) is 5.91 Å². The average Bonchev–Trinajstić information content (AvgIpc) is 3.08. The molecule has 128 valence electrons. The summed E-state index contributed by atoms with van der Waals surface area (Å²) in [6.07, 6.45) is 0. The molecule has 1 aromatic carbocycles. The fraction of sp³-hybridized carbons (Fsp3) is 0.375. The molecule has 2 aromatic rings. The van der Waals surface area contributed by atoms with E-state index in [4.69, 9.17) is 27.9 Å². The topological polar surface area (TPSA) is 70.2 Å². The summed E-state index contributed by atoms with van der Waals surface area (Å²) in [7, 11) is 0. The predicted molar refractivity (Wildman–Crippen MR) is 93.6 cm³/mol. The molecule has 24 heavy (non-hydrogen) atoms. The Morgan fingerprint density at radius 3 is 2.79 bits per heavy atom. The molecular weight excluding hydrogens is 351 g/mol. The van der Waals surface area contributed by atoms with Crippen molar-refractivity contribution in [2.24, 2.45) is 0 Å². The molecule has 3 rings (SSSR count). The maximum absolute atomic E-state index is 12.2. The van der Waals surface area contributed by atoms with Crippen LogP contribution in [0.1, 0.15) is 10.5 Å². The van der Waals surface area contributed by atoms with E-state index in [1.54, 1.807) is 18.2 Å². The van der Waals surface area contributed by atoms with Crippen LogP contribution in [0.4, 0.5) is 0 Å². The third-order valence-corrected chi connectivity index (χ3v) is 4.59. The predicted octanol–water partition coefficient (Wildman–Crippen LogP) is 2.45. The largest absolute Gasteiger partial charge is 0.379 e. The molecule has 6 nitrogen and oxygen atoms in total. The Hall–Kier alpha value is -1.60. The van der Waals surface area contributed by atoms with E-state index in [2.05, 4.69) is 20.4 Å².